The van der Waals surface area contributed by atoms with Gasteiger partial charge in [-0.3, -0.25) is 0 Å². The summed E-state index contributed by atoms with van der Waals surface area (Å²) in [5.74, 6) is 0. The van der Waals surface area contributed by atoms with E-state index >= 15 is 0 Å². The van der Waals surface area contributed by atoms with Gasteiger partial charge in [-0.05, 0) is 24.3 Å². The summed E-state index contributed by atoms with van der Waals surface area (Å²) in [5.41, 5.74) is 1.23. The van der Waals surface area contributed by atoms with Crippen LogP contribution in [0.4, 0.5) is 5.69 Å². The molecule has 1 heterocycles. The van der Waals surface area contributed by atoms with Crippen molar-refractivity contribution in [2.75, 3.05) is 18.5 Å². The molecule has 0 saturated carbocycles. The quantitative estimate of drug-likeness (QED) is 0.662. The van der Waals surface area contributed by atoms with Gasteiger partial charge in [-0.1, -0.05) is 12.8 Å². The molecule has 0 atom stereocenters. The normalized spacial score (nSPS) is 10.2. The summed E-state index contributed by atoms with van der Waals surface area (Å²) >= 11 is 1.72. The van der Waals surface area contributed by atoms with Crippen LogP contribution < -0.4 is 5.32 Å². The molecule has 13 heavy (non-hydrogen) atoms. The van der Waals surface area contributed by atoms with Crippen LogP contribution in [-0.4, -0.2) is 18.3 Å². The first-order valence-electron chi connectivity index (χ1n) is 4.80. The van der Waals surface area contributed by atoms with Crippen LogP contribution in [0, 0.1) is 0 Å². The van der Waals surface area contributed by atoms with Gasteiger partial charge >= 0.3 is 0 Å². The number of rotatable bonds is 7. The van der Waals surface area contributed by atoms with Crippen LogP contribution >= 0.6 is 11.3 Å². The average molecular weight is 199 g/mol. The Labute approximate surface area is 83.6 Å². The number of anilines is 1. The van der Waals surface area contributed by atoms with E-state index in [1.54, 1.807) is 11.3 Å². The second-order valence-corrected chi connectivity index (χ2v) is 3.86. The van der Waals surface area contributed by atoms with Crippen LogP contribution in [0.3, 0.4) is 0 Å². The van der Waals surface area contributed by atoms with Gasteiger partial charge in [0, 0.05) is 24.2 Å². The molecule has 0 spiro atoms. The number of aliphatic hydroxyl groups excluding tert-OH is 1. The Morgan fingerprint density at radius 1 is 1.23 bits per heavy atom. The first kappa shape index (κ1) is 10.5. The molecule has 0 unspecified atom stereocenters. The minimum atomic E-state index is 0.331. The molecule has 1 aromatic rings. The molecule has 2 N–H and O–H groups in total. The van der Waals surface area contributed by atoms with Crippen molar-refractivity contribution < 1.29 is 5.11 Å². The molecule has 1 rings (SSSR count). The van der Waals surface area contributed by atoms with Gasteiger partial charge in [0.2, 0.25) is 0 Å². The number of thiophene rings is 1. The molecule has 0 aliphatic heterocycles. The van der Waals surface area contributed by atoms with E-state index in [-0.39, 0.29) is 0 Å². The van der Waals surface area contributed by atoms with Crippen LogP contribution in [0.2, 0.25) is 0 Å². The second-order valence-electron chi connectivity index (χ2n) is 3.08. The molecule has 0 radical (unpaired) electrons. The van der Waals surface area contributed by atoms with Crippen molar-refractivity contribution in [1.82, 2.24) is 0 Å². The molecule has 0 saturated heterocycles. The molecule has 0 aromatic carbocycles. The van der Waals surface area contributed by atoms with E-state index in [4.69, 9.17) is 5.11 Å². The number of unbranched alkanes of at least 4 members (excludes halogenated alkanes) is 3. The number of hydrogen-bond acceptors (Lipinski definition) is 3. The summed E-state index contributed by atoms with van der Waals surface area (Å²) in [7, 11) is 0. The molecule has 0 fully saturated rings. The topological polar surface area (TPSA) is 32.3 Å². The lowest BCUT2D eigenvalue weighted by Crippen LogP contribution is -2.00. The maximum absolute atomic E-state index is 8.56. The van der Waals surface area contributed by atoms with E-state index in [1.165, 1.54) is 18.5 Å². The van der Waals surface area contributed by atoms with Gasteiger partial charge in [0.05, 0.1) is 0 Å². The Morgan fingerprint density at radius 2 is 2.08 bits per heavy atom. The fraction of sp³-hybridized carbons (Fsp3) is 0.600. The predicted octanol–water partition coefficient (Wildman–Crippen LogP) is 2.71. The van der Waals surface area contributed by atoms with Crippen molar-refractivity contribution in [1.29, 1.82) is 0 Å². The van der Waals surface area contributed by atoms with Crippen molar-refractivity contribution in [3.05, 3.63) is 16.8 Å². The summed E-state index contributed by atoms with van der Waals surface area (Å²) in [6.45, 7) is 1.38. The molecule has 1 aromatic heterocycles. The molecule has 0 bridgehead atoms. The SMILES string of the molecule is OCCCCCCNc1ccsc1. The smallest absolute Gasteiger partial charge is 0.0448 e. The molecular formula is C10H17NOS. The number of nitrogens with one attached hydrogen (secondary N) is 1. The lowest BCUT2D eigenvalue weighted by atomic mass is 10.2. The standard InChI is InChI=1S/C10H17NOS/c12-7-4-2-1-3-6-11-10-5-8-13-9-10/h5,8-9,11-12H,1-4,6-7H2. The van der Waals surface area contributed by atoms with Gasteiger partial charge in [-0.15, -0.1) is 0 Å². The average Bonchev–Trinajstić information content (AvgIpc) is 2.63. The zero-order valence-corrected chi connectivity index (χ0v) is 8.65. The maximum atomic E-state index is 8.56. The summed E-state index contributed by atoms with van der Waals surface area (Å²) in [4.78, 5) is 0. The van der Waals surface area contributed by atoms with Gasteiger partial charge in [-0.25, -0.2) is 0 Å². The highest BCUT2D eigenvalue weighted by atomic mass is 32.1. The van der Waals surface area contributed by atoms with Crippen LogP contribution in [-0.2, 0) is 0 Å². The minimum absolute atomic E-state index is 0.331. The Balaban J connectivity index is 1.90. The van der Waals surface area contributed by atoms with E-state index in [9.17, 15) is 0 Å². The summed E-state index contributed by atoms with van der Waals surface area (Å²) in [5, 5.41) is 16.1. The Kier molecular flexibility index (Phi) is 5.61. The van der Waals surface area contributed by atoms with E-state index in [2.05, 4.69) is 22.1 Å². The monoisotopic (exact) mass is 199 g/mol. The number of hydrogen-bond donors (Lipinski definition) is 2. The van der Waals surface area contributed by atoms with Gasteiger partial charge in [0.15, 0.2) is 0 Å². The largest absolute Gasteiger partial charge is 0.396 e. The van der Waals surface area contributed by atoms with Crippen LogP contribution in [0.5, 0.6) is 0 Å². The Bertz CT molecular complexity index is 199. The third-order valence-corrected chi connectivity index (χ3v) is 2.62. The predicted molar refractivity (Wildman–Crippen MR) is 58.4 cm³/mol. The van der Waals surface area contributed by atoms with Gasteiger partial charge < -0.3 is 10.4 Å². The fourth-order valence-corrected chi connectivity index (χ4v) is 1.80. The zero-order valence-electron chi connectivity index (χ0n) is 7.83. The maximum Gasteiger partial charge on any atom is 0.0448 e. The molecular weight excluding hydrogens is 182 g/mol. The van der Waals surface area contributed by atoms with Crippen molar-refractivity contribution in [3.8, 4) is 0 Å². The lowest BCUT2D eigenvalue weighted by molar-refractivity contribution is 0.283. The molecule has 74 valence electrons. The number of aliphatic hydroxyl groups is 1. The van der Waals surface area contributed by atoms with Gasteiger partial charge in [-0.2, -0.15) is 11.3 Å². The van der Waals surface area contributed by atoms with Gasteiger partial charge in [0.25, 0.3) is 0 Å². The first-order chi connectivity index (χ1) is 6.43. The van der Waals surface area contributed by atoms with Crippen molar-refractivity contribution in [2.45, 2.75) is 25.7 Å². The third-order valence-electron chi connectivity index (χ3n) is 1.94. The van der Waals surface area contributed by atoms with Crippen LogP contribution in [0.15, 0.2) is 16.8 Å². The highest BCUT2D eigenvalue weighted by Crippen LogP contribution is 2.11. The van der Waals surface area contributed by atoms with Crippen LogP contribution in [0.25, 0.3) is 0 Å². The zero-order chi connectivity index (χ0) is 9.36. The van der Waals surface area contributed by atoms with Crippen molar-refractivity contribution in [2.24, 2.45) is 0 Å². The minimum Gasteiger partial charge on any atom is -0.396 e. The van der Waals surface area contributed by atoms with E-state index in [1.807, 2.05) is 0 Å². The molecule has 3 heteroatoms. The Morgan fingerprint density at radius 3 is 2.77 bits per heavy atom. The fourth-order valence-electron chi connectivity index (χ4n) is 1.19. The van der Waals surface area contributed by atoms with E-state index < -0.39 is 0 Å². The van der Waals surface area contributed by atoms with E-state index in [0.717, 1.165) is 19.4 Å². The van der Waals surface area contributed by atoms with Crippen LogP contribution in [0.1, 0.15) is 25.7 Å². The Hall–Kier alpha value is -0.540. The lowest BCUT2D eigenvalue weighted by Gasteiger charge is -2.02. The van der Waals surface area contributed by atoms with Crippen molar-refractivity contribution >= 4 is 17.0 Å². The summed E-state index contributed by atoms with van der Waals surface area (Å²) in [6, 6.07) is 2.10. The third kappa shape index (κ3) is 4.90. The highest BCUT2D eigenvalue weighted by Gasteiger charge is 1.91. The molecule has 0 aliphatic carbocycles. The second kappa shape index (κ2) is 6.92. The van der Waals surface area contributed by atoms with E-state index in [0.29, 0.717) is 6.61 Å². The summed E-state index contributed by atoms with van der Waals surface area (Å²) in [6.07, 6.45) is 4.48. The first-order valence-corrected chi connectivity index (χ1v) is 5.74. The molecule has 0 amide bonds. The van der Waals surface area contributed by atoms with Gasteiger partial charge in [0.1, 0.15) is 0 Å². The van der Waals surface area contributed by atoms with Crippen molar-refractivity contribution in [3.63, 3.8) is 0 Å². The highest BCUT2D eigenvalue weighted by molar-refractivity contribution is 7.08. The molecule has 0 aliphatic rings. The summed E-state index contributed by atoms with van der Waals surface area (Å²) < 4.78 is 0. The molecule has 2 nitrogen and oxygen atoms in total.